The first-order valence-corrected chi connectivity index (χ1v) is 9.21. The first kappa shape index (κ1) is 19.4. The average Bonchev–Trinajstić information content (AvgIpc) is 2.71. The summed E-state index contributed by atoms with van der Waals surface area (Å²) in [7, 11) is 0. The van der Waals surface area contributed by atoms with E-state index in [9.17, 15) is 10.1 Å². The van der Waals surface area contributed by atoms with Gasteiger partial charge in [0.2, 0.25) is 0 Å². The molecule has 0 fully saturated rings. The molecular formula is C22H23N2O4+. The van der Waals surface area contributed by atoms with Crippen LogP contribution < -0.4 is 14.0 Å². The number of non-ortho nitro benzene ring substituents is 1. The van der Waals surface area contributed by atoms with Crippen molar-refractivity contribution >= 4 is 5.69 Å². The summed E-state index contributed by atoms with van der Waals surface area (Å²) in [6.45, 7) is 3.92. The molecule has 144 valence electrons. The molecule has 2 aromatic carbocycles. The first-order valence-electron chi connectivity index (χ1n) is 9.21. The number of hydrogen-bond donors (Lipinski definition) is 0. The molecule has 0 saturated heterocycles. The van der Waals surface area contributed by atoms with Gasteiger partial charge in [-0.3, -0.25) is 10.1 Å². The molecule has 0 saturated carbocycles. The van der Waals surface area contributed by atoms with Crippen LogP contribution in [-0.4, -0.2) is 18.1 Å². The van der Waals surface area contributed by atoms with Gasteiger partial charge in [-0.15, -0.1) is 0 Å². The Morgan fingerprint density at radius 2 is 1.43 bits per heavy atom. The highest BCUT2D eigenvalue weighted by atomic mass is 16.6. The Bertz CT molecular complexity index is 891. The second-order valence-corrected chi connectivity index (χ2v) is 6.30. The maximum atomic E-state index is 10.7. The maximum absolute atomic E-state index is 10.7. The highest BCUT2D eigenvalue weighted by Crippen LogP contribution is 2.17. The molecule has 1 aromatic heterocycles. The van der Waals surface area contributed by atoms with Crippen LogP contribution in [0.1, 0.15) is 18.1 Å². The van der Waals surface area contributed by atoms with E-state index in [-0.39, 0.29) is 10.6 Å². The summed E-state index contributed by atoms with van der Waals surface area (Å²) < 4.78 is 13.2. The second-order valence-electron chi connectivity index (χ2n) is 6.30. The highest BCUT2D eigenvalue weighted by Gasteiger charge is 2.06. The lowest BCUT2D eigenvalue weighted by molar-refractivity contribution is -0.697. The van der Waals surface area contributed by atoms with Crippen LogP contribution in [0.5, 0.6) is 11.5 Å². The molecule has 0 atom stereocenters. The number of nitro benzene ring substituents is 1. The minimum atomic E-state index is -0.384. The summed E-state index contributed by atoms with van der Waals surface area (Å²) in [6.07, 6.45) is 4.77. The van der Waals surface area contributed by atoms with Gasteiger partial charge in [0.1, 0.15) is 18.1 Å². The van der Waals surface area contributed by atoms with Crippen LogP contribution >= 0.6 is 0 Å². The molecule has 0 radical (unpaired) electrons. The Morgan fingerprint density at radius 3 is 2.00 bits per heavy atom. The fourth-order valence-corrected chi connectivity index (χ4v) is 2.79. The number of pyridine rings is 1. The first-order chi connectivity index (χ1) is 13.6. The van der Waals surface area contributed by atoms with Crippen molar-refractivity contribution in [3.8, 4) is 11.5 Å². The van der Waals surface area contributed by atoms with Crippen molar-refractivity contribution in [3.05, 3.63) is 94.3 Å². The van der Waals surface area contributed by atoms with E-state index < -0.39 is 0 Å². The molecule has 28 heavy (non-hydrogen) atoms. The summed E-state index contributed by atoms with van der Waals surface area (Å²) in [5, 5.41) is 10.7. The molecule has 0 N–H and O–H groups in total. The van der Waals surface area contributed by atoms with E-state index in [0.29, 0.717) is 13.2 Å². The molecule has 3 aromatic rings. The summed E-state index contributed by atoms with van der Waals surface area (Å²) in [6, 6.07) is 18.4. The number of ether oxygens (including phenoxy) is 2. The minimum absolute atomic E-state index is 0.113. The Balaban J connectivity index is 1.48. The van der Waals surface area contributed by atoms with E-state index in [1.807, 2.05) is 43.6 Å². The molecule has 0 bridgehead atoms. The van der Waals surface area contributed by atoms with Crippen molar-refractivity contribution in [2.45, 2.75) is 19.9 Å². The van der Waals surface area contributed by atoms with E-state index in [1.165, 1.54) is 12.1 Å². The summed E-state index contributed by atoms with van der Waals surface area (Å²) in [4.78, 5) is 10.3. The van der Waals surface area contributed by atoms with Gasteiger partial charge >= 0.3 is 0 Å². The molecule has 0 amide bonds. The zero-order valence-electron chi connectivity index (χ0n) is 15.8. The zero-order valence-corrected chi connectivity index (χ0v) is 15.8. The topological polar surface area (TPSA) is 65.5 Å². The van der Waals surface area contributed by atoms with Crippen LogP contribution in [0.15, 0.2) is 73.1 Å². The molecule has 0 aliphatic heterocycles. The van der Waals surface area contributed by atoms with Gasteiger partial charge in [0.15, 0.2) is 18.9 Å². The minimum Gasteiger partial charge on any atom is -0.494 e. The lowest BCUT2D eigenvalue weighted by Crippen LogP contribution is -2.35. The fourth-order valence-electron chi connectivity index (χ4n) is 2.79. The van der Waals surface area contributed by atoms with Crippen LogP contribution in [-0.2, 0) is 13.0 Å². The standard InChI is InChI=1S/C22H23N2O4/c1-2-27-21-7-9-22(10-8-21)28-16-15-23-13-11-19(12-14-23)17-18-3-5-20(6-4-18)24(25)26/h3-14H,2,15-17H2,1H3/q+1. The number of nitrogens with zero attached hydrogens (tertiary/aromatic N) is 2. The lowest BCUT2D eigenvalue weighted by atomic mass is 10.1. The van der Waals surface area contributed by atoms with Crippen molar-refractivity contribution in [2.75, 3.05) is 13.2 Å². The van der Waals surface area contributed by atoms with Crippen LogP contribution in [0.3, 0.4) is 0 Å². The van der Waals surface area contributed by atoms with E-state index in [2.05, 4.69) is 16.7 Å². The van der Waals surface area contributed by atoms with Gasteiger partial charge in [0, 0.05) is 24.3 Å². The molecule has 0 spiro atoms. The van der Waals surface area contributed by atoms with Crippen LogP contribution in [0.4, 0.5) is 5.69 Å². The van der Waals surface area contributed by atoms with Crippen LogP contribution in [0.2, 0.25) is 0 Å². The van der Waals surface area contributed by atoms with Gasteiger partial charge < -0.3 is 9.47 Å². The zero-order chi connectivity index (χ0) is 19.8. The molecule has 0 aliphatic carbocycles. The lowest BCUT2D eigenvalue weighted by Gasteiger charge is -2.06. The van der Waals surface area contributed by atoms with Crippen LogP contribution in [0.25, 0.3) is 0 Å². The van der Waals surface area contributed by atoms with E-state index in [1.54, 1.807) is 12.1 Å². The van der Waals surface area contributed by atoms with Crippen molar-refractivity contribution in [1.29, 1.82) is 0 Å². The fraction of sp³-hybridized carbons (Fsp3) is 0.227. The van der Waals surface area contributed by atoms with Crippen LogP contribution in [0, 0.1) is 10.1 Å². The third-order valence-corrected chi connectivity index (χ3v) is 4.27. The monoisotopic (exact) mass is 379 g/mol. The number of aromatic nitrogens is 1. The Morgan fingerprint density at radius 1 is 0.857 bits per heavy atom. The predicted octanol–water partition coefficient (Wildman–Crippen LogP) is 3.95. The molecule has 1 heterocycles. The van der Waals surface area contributed by atoms with Crippen molar-refractivity contribution < 1.29 is 19.0 Å². The summed E-state index contributed by atoms with van der Waals surface area (Å²) in [5.74, 6) is 1.66. The Labute approximate surface area is 164 Å². The number of nitro groups is 1. The largest absolute Gasteiger partial charge is 0.494 e. The smallest absolute Gasteiger partial charge is 0.269 e. The van der Waals surface area contributed by atoms with Crippen molar-refractivity contribution in [1.82, 2.24) is 0 Å². The normalized spacial score (nSPS) is 10.5. The van der Waals surface area contributed by atoms with E-state index >= 15 is 0 Å². The Hall–Kier alpha value is -3.41. The molecular weight excluding hydrogens is 356 g/mol. The molecule has 6 nitrogen and oxygen atoms in total. The molecule has 0 unspecified atom stereocenters. The highest BCUT2D eigenvalue weighted by molar-refractivity contribution is 5.35. The molecule has 6 heteroatoms. The van der Waals surface area contributed by atoms with E-state index in [4.69, 9.17) is 9.47 Å². The van der Waals surface area contributed by atoms with E-state index in [0.717, 1.165) is 35.6 Å². The third-order valence-electron chi connectivity index (χ3n) is 4.27. The van der Waals surface area contributed by atoms with Gasteiger partial charge in [-0.1, -0.05) is 12.1 Å². The van der Waals surface area contributed by atoms with Crippen molar-refractivity contribution in [2.24, 2.45) is 0 Å². The SMILES string of the molecule is CCOc1ccc(OCC[n+]2ccc(Cc3ccc([N+](=O)[O-])cc3)cc2)cc1. The molecule has 0 aliphatic rings. The number of hydrogen-bond acceptors (Lipinski definition) is 4. The van der Waals surface area contributed by atoms with Gasteiger partial charge in [0.05, 0.1) is 11.5 Å². The summed E-state index contributed by atoms with van der Waals surface area (Å²) >= 11 is 0. The molecule has 3 rings (SSSR count). The number of benzene rings is 2. The van der Waals surface area contributed by atoms with Gasteiger partial charge in [-0.2, -0.15) is 0 Å². The second kappa shape index (κ2) is 9.50. The van der Waals surface area contributed by atoms with Gasteiger partial charge in [-0.25, -0.2) is 4.57 Å². The quantitative estimate of drug-likeness (QED) is 0.321. The average molecular weight is 379 g/mol. The predicted molar refractivity (Wildman–Crippen MR) is 106 cm³/mol. The van der Waals surface area contributed by atoms with Gasteiger partial charge in [0.25, 0.3) is 5.69 Å². The van der Waals surface area contributed by atoms with Gasteiger partial charge in [-0.05, 0) is 48.7 Å². The number of rotatable bonds is 9. The summed E-state index contributed by atoms with van der Waals surface area (Å²) in [5.41, 5.74) is 2.31. The van der Waals surface area contributed by atoms with Crippen molar-refractivity contribution in [3.63, 3.8) is 0 Å². The Kier molecular flexibility index (Phi) is 6.57. The third kappa shape index (κ3) is 5.54. The maximum Gasteiger partial charge on any atom is 0.269 e.